The summed E-state index contributed by atoms with van der Waals surface area (Å²) >= 11 is 5.97. The van der Waals surface area contributed by atoms with Crippen LogP contribution in [0.25, 0.3) is 11.1 Å². The van der Waals surface area contributed by atoms with Gasteiger partial charge in [-0.25, -0.2) is 4.98 Å². The van der Waals surface area contributed by atoms with E-state index in [0.29, 0.717) is 6.04 Å². The minimum absolute atomic E-state index is 0.447. The van der Waals surface area contributed by atoms with Crippen LogP contribution >= 0.6 is 11.6 Å². The van der Waals surface area contributed by atoms with E-state index in [-0.39, 0.29) is 0 Å². The summed E-state index contributed by atoms with van der Waals surface area (Å²) in [6.07, 6.45) is 7.46. The second kappa shape index (κ2) is 10.6. The van der Waals surface area contributed by atoms with Gasteiger partial charge in [0.25, 0.3) is 0 Å². The molecule has 2 aliphatic rings. The van der Waals surface area contributed by atoms with Crippen molar-refractivity contribution in [3.8, 4) is 28.7 Å². The quantitative estimate of drug-likeness (QED) is 0.326. The number of nitrogens with zero attached hydrogens (tertiary/aromatic N) is 2. The van der Waals surface area contributed by atoms with Crippen LogP contribution in [0.15, 0.2) is 66.9 Å². The summed E-state index contributed by atoms with van der Waals surface area (Å²) in [6, 6.07) is 20.2. The van der Waals surface area contributed by atoms with Crippen molar-refractivity contribution in [3.63, 3.8) is 0 Å². The lowest BCUT2D eigenvalue weighted by molar-refractivity contribution is 0.135. The maximum absolute atomic E-state index is 6.12. The Hall–Kier alpha value is -2.80. The molecule has 0 spiro atoms. The highest BCUT2D eigenvalue weighted by Gasteiger charge is 2.31. The second-order valence-corrected chi connectivity index (χ2v) is 10.2. The van der Waals surface area contributed by atoms with Crippen LogP contribution in [0.4, 0.5) is 0 Å². The molecule has 174 valence electrons. The van der Waals surface area contributed by atoms with Crippen LogP contribution in [0.5, 0.6) is 5.75 Å². The van der Waals surface area contributed by atoms with Crippen molar-refractivity contribution in [2.24, 2.45) is 11.8 Å². The van der Waals surface area contributed by atoms with E-state index in [1.54, 1.807) is 0 Å². The van der Waals surface area contributed by atoms with Crippen molar-refractivity contribution in [2.45, 2.75) is 38.6 Å². The normalized spacial score (nSPS) is 16.1. The molecule has 34 heavy (non-hydrogen) atoms. The summed E-state index contributed by atoms with van der Waals surface area (Å²) in [4.78, 5) is 7.14. The standard InChI is InChI=1S/C30H31ClN2O/c1-22(33(19-24-2-3-24)20-25-4-5-25)21-34-30-16-7-23(8-17-30)6-14-29-15-11-27(18-32-29)26-9-12-28(31)13-10-26/h7-13,15-18,22,24-25H,2-5,19-21H2,1H3. The van der Waals surface area contributed by atoms with Crippen LogP contribution in [-0.4, -0.2) is 35.6 Å². The molecular weight excluding hydrogens is 440 g/mol. The lowest BCUT2D eigenvalue weighted by Crippen LogP contribution is -2.40. The predicted octanol–water partition coefficient (Wildman–Crippen LogP) is 6.69. The van der Waals surface area contributed by atoms with E-state index in [1.165, 1.54) is 38.8 Å². The first-order valence-electron chi connectivity index (χ1n) is 12.3. The third-order valence-electron chi connectivity index (χ3n) is 6.62. The van der Waals surface area contributed by atoms with Gasteiger partial charge in [-0.1, -0.05) is 35.7 Å². The third-order valence-corrected chi connectivity index (χ3v) is 6.88. The number of hydrogen-bond acceptors (Lipinski definition) is 3. The molecule has 0 amide bonds. The monoisotopic (exact) mass is 470 g/mol. The maximum atomic E-state index is 6.12. The zero-order valence-electron chi connectivity index (χ0n) is 19.7. The Labute approximate surface area is 208 Å². The third kappa shape index (κ3) is 6.63. The molecule has 2 saturated carbocycles. The summed E-state index contributed by atoms with van der Waals surface area (Å²) in [5, 5.41) is 0.731. The molecule has 0 bridgehead atoms. The van der Waals surface area contributed by atoms with Crippen molar-refractivity contribution in [2.75, 3.05) is 19.7 Å². The lowest BCUT2D eigenvalue weighted by Gasteiger charge is -2.29. The summed E-state index contributed by atoms with van der Waals surface area (Å²) in [5.41, 5.74) is 3.83. The fourth-order valence-corrected chi connectivity index (χ4v) is 4.20. The minimum atomic E-state index is 0.447. The highest BCUT2D eigenvalue weighted by Crippen LogP contribution is 2.34. The second-order valence-electron chi connectivity index (χ2n) is 9.71. The van der Waals surface area contributed by atoms with E-state index in [9.17, 15) is 0 Å². The number of pyridine rings is 1. The van der Waals surface area contributed by atoms with Crippen molar-refractivity contribution in [1.29, 1.82) is 0 Å². The van der Waals surface area contributed by atoms with Gasteiger partial charge in [-0.3, -0.25) is 4.90 Å². The topological polar surface area (TPSA) is 25.4 Å². The van der Waals surface area contributed by atoms with Crippen LogP contribution in [0.3, 0.4) is 0 Å². The van der Waals surface area contributed by atoms with Gasteiger partial charge in [0, 0.05) is 41.5 Å². The van der Waals surface area contributed by atoms with Gasteiger partial charge >= 0.3 is 0 Å². The number of aromatic nitrogens is 1. The van der Waals surface area contributed by atoms with Gasteiger partial charge in [0.2, 0.25) is 0 Å². The number of halogens is 1. The highest BCUT2D eigenvalue weighted by atomic mass is 35.5. The number of benzene rings is 2. The molecular formula is C30H31ClN2O. The van der Waals surface area contributed by atoms with Gasteiger partial charge < -0.3 is 4.74 Å². The molecule has 1 heterocycles. The molecule has 0 aliphatic heterocycles. The first-order chi connectivity index (χ1) is 16.6. The van der Waals surface area contributed by atoms with Gasteiger partial charge in [-0.05, 0) is 98.4 Å². The maximum Gasteiger partial charge on any atom is 0.119 e. The number of rotatable bonds is 9. The molecule has 3 nitrogen and oxygen atoms in total. The summed E-state index contributed by atoms with van der Waals surface area (Å²) in [5.74, 6) is 9.09. The van der Waals surface area contributed by atoms with Crippen molar-refractivity contribution in [1.82, 2.24) is 9.88 Å². The largest absolute Gasteiger partial charge is 0.492 e. The van der Waals surface area contributed by atoms with Gasteiger partial charge in [-0.15, -0.1) is 0 Å². The first kappa shape index (κ1) is 23.0. The predicted molar refractivity (Wildman–Crippen MR) is 139 cm³/mol. The Kier molecular flexibility index (Phi) is 7.19. The van der Waals surface area contributed by atoms with Crippen molar-refractivity contribution >= 4 is 11.6 Å². The fourth-order valence-electron chi connectivity index (χ4n) is 4.07. The van der Waals surface area contributed by atoms with Crippen molar-refractivity contribution < 1.29 is 4.74 Å². The van der Waals surface area contributed by atoms with Crippen LogP contribution < -0.4 is 4.74 Å². The zero-order valence-corrected chi connectivity index (χ0v) is 20.5. The number of hydrogen-bond donors (Lipinski definition) is 0. The molecule has 0 saturated heterocycles. The molecule has 2 fully saturated rings. The lowest BCUT2D eigenvalue weighted by atomic mass is 10.1. The molecule has 2 aromatic carbocycles. The SMILES string of the molecule is CC(COc1ccc(C#Cc2ccc(-c3ccc(Cl)cc3)cn2)cc1)N(CC1CC1)CC1CC1. The summed E-state index contributed by atoms with van der Waals surface area (Å²) in [6.45, 7) is 5.51. The van der Waals surface area contributed by atoms with E-state index in [1.807, 2.05) is 66.9 Å². The van der Waals surface area contributed by atoms with Crippen LogP contribution in [0.1, 0.15) is 43.9 Å². The molecule has 5 rings (SSSR count). The van der Waals surface area contributed by atoms with E-state index >= 15 is 0 Å². The Balaban J connectivity index is 1.14. The van der Waals surface area contributed by atoms with Gasteiger partial charge in [-0.2, -0.15) is 0 Å². The van der Waals surface area contributed by atoms with Gasteiger partial charge in [0.05, 0.1) is 0 Å². The molecule has 4 heteroatoms. The molecule has 1 unspecified atom stereocenters. The molecule has 1 aromatic heterocycles. The Morgan fingerprint density at radius 1 is 0.882 bits per heavy atom. The van der Waals surface area contributed by atoms with E-state index in [2.05, 4.69) is 28.6 Å². The Morgan fingerprint density at radius 3 is 2.12 bits per heavy atom. The van der Waals surface area contributed by atoms with Crippen LogP contribution in [-0.2, 0) is 0 Å². The smallest absolute Gasteiger partial charge is 0.119 e. The van der Waals surface area contributed by atoms with Crippen molar-refractivity contribution in [3.05, 3.63) is 83.1 Å². The van der Waals surface area contributed by atoms with E-state index in [0.717, 1.165) is 51.6 Å². The Bertz CT molecular complexity index is 1120. The van der Waals surface area contributed by atoms with Crippen LogP contribution in [0, 0.1) is 23.7 Å². The highest BCUT2D eigenvalue weighted by molar-refractivity contribution is 6.30. The van der Waals surface area contributed by atoms with E-state index in [4.69, 9.17) is 16.3 Å². The Morgan fingerprint density at radius 2 is 1.53 bits per heavy atom. The molecule has 3 aromatic rings. The summed E-state index contributed by atoms with van der Waals surface area (Å²) in [7, 11) is 0. The minimum Gasteiger partial charge on any atom is -0.492 e. The average Bonchev–Trinajstić information content (AvgIpc) is 3.80. The zero-order chi connectivity index (χ0) is 23.3. The molecule has 0 N–H and O–H groups in total. The van der Waals surface area contributed by atoms with Crippen LogP contribution in [0.2, 0.25) is 5.02 Å². The first-order valence-corrected chi connectivity index (χ1v) is 12.7. The number of ether oxygens (including phenoxy) is 1. The fraction of sp³-hybridized carbons (Fsp3) is 0.367. The molecule has 2 aliphatic carbocycles. The van der Waals surface area contributed by atoms with Gasteiger partial charge in [0.15, 0.2) is 0 Å². The molecule has 1 atom stereocenters. The average molecular weight is 471 g/mol. The summed E-state index contributed by atoms with van der Waals surface area (Å²) < 4.78 is 6.12. The molecule has 0 radical (unpaired) electrons. The van der Waals surface area contributed by atoms with E-state index < -0.39 is 0 Å². The van der Waals surface area contributed by atoms with Gasteiger partial charge in [0.1, 0.15) is 18.1 Å².